The monoisotopic (exact) mass is 229 g/mol. The normalized spacial score (nSPS) is 11.8. The maximum absolute atomic E-state index is 12.9. The van der Waals surface area contributed by atoms with Crippen LogP contribution in [0.15, 0.2) is 22.7 Å². The second-order valence-electron chi connectivity index (χ2n) is 3.91. The smallest absolute Gasteiger partial charge is 0.124 e. The third-order valence-electron chi connectivity index (χ3n) is 1.73. The van der Waals surface area contributed by atoms with E-state index in [0.29, 0.717) is 0 Å². The summed E-state index contributed by atoms with van der Waals surface area (Å²) in [6, 6.07) is 4.99. The molecule has 0 heterocycles. The second-order valence-corrected chi connectivity index (χ2v) is 4.82. The van der Waals surface area contributed by atoms with Gasteiger partial charge in [0.2, 0.25) is 0 Å². The van der Waals surface area contributed by atoms with Gasteiger partial charge in [0.15, 0.2) is 0 Å². The van der Waals surface area contributed by atoms with Crippen molar-refractivity contribution in [2.45, 2.75) is 26.2 Å². The highest BCUT2D eigenvalue weighted by Gasteiger charge is 2.14. The first-order valence-electron chi connectivity index (χ1n) is 3.86. The second kappa shape index (κ2) is 3.17. The van der Waals surface area contributed by atoms with Crippen molar-refractivity contribution in [2.75, 3.05) is 0 Å². The lowest BCUT2D eigenvalue weighted by atomic mass is 9.87. The van der Waals surface area contributed by atoms with E-state index >= 15 is 0 Å². The van der Waals surface area contributed by atoms with Crippen molar-refractivity contribution in [2.24, 2.45) is 0 Å². The molecule has 0 aliphatic heterocycles. The van der Waals surface area contributed by atoms with Crippen LogP contribution in [0.3, 0.4) is 0 Å². The topological polar surface area (TPSA) is 0 Å². The minimum Gasteiger partial charge on any atom is -0.207 e. The van der Waals surface area contributed by atoms with E-state index < -0.39 is 0 Å². The van der Waals surface area contributed by atoms with Crippen LogP contribution in [-0.2, 0) is 5.41 Å². The molecule has 0 atom stereocenters. The summed E-state index contributed by atoms with van der Waals surface area (Å²) in [5.74, 6) is -0.186. The van der Waals surface area contributed by atoms with E-state index in [0.717, 1.165) is 10.0 Å². The number of hydrogen-bond acceptors (Lipinski definition) is 0. The Hall–Kier alpha value is -0.370. The van der Waals surface area contributed by atoms with Gasteiger partial charge in [-0.2, -0.15) is 0 Å². The SMILES string of the molecule is CC(C)(C)c1cc([18F])cc(Br)c1. The van der Waals surface area contributed by atoms with E-state index in [4.69, 9.17) is 0 Å². The van der Waals surface area contributed by atoms with Gasteiger partial charge in [-0.3, -0.25) is 0 Å². The Labute approximate surface area is 80.9 Å². The van der Waals surface area contributed by atoms with Gasteiger partial charge in [-0.15, -0.1) is 0 Å². The summed E-state index contributed by atoms with van der Waals surface area (Å²) in [6.07, 6.45) is 0. The number of hydrogen-bond donors (Lipinski definition) is 0. The average molecular weight is 230 g/mol. The number of halogens is 2. The lowest BCUT2D eigenvalue weighted by Crippen LogP contribution is -2.11. The summed E-state index contributed by atoms with van der Waals surface area (Å²) in [4.78, 5) is 0. The van der Waals surface area contributed by atoms with Crippen molar-refractivity contribution in [3.05, 3.63) is 34.1 Å². The molecule has 1 aromatic rings. The third kappa shape index (κ3) is 2.31. The molecule has 66 valence electrons. The van der Waals surface area contributed by atoms with E-state index in [1.807, 2.05) is 6.07 Å². The van der Waals surface area contributed by atoms with Crippen molar-refractivity contribution < 1.29 is 4.39 Å². The molecule has 0 N–H and O–H groups in total. The first kappa shape index (κ1) is 9.72. The molecule has 0 aliphatic rings. The van der Waals surface area contributed by atoms with Crippen LogP contribution >= 0.6 is 15.9 Å². The minimum absolute atomic E-state index is 0.00458. The van der Waals surface area contributed by atoms with Gasteiger partial charge in [0.05, 0.1) is 0 Å². The van der Waals surface area contributed by atoms with Crippen molar-refractivity contribution in [1.82, 2.24) is 0 Å². The number of benzene rings is 1. The summed E-state index contributed by atoms with van der Waals surface area (Å²) >= 11 is 3.27. The van der Waals surface area contributed by atoms with Gasteiger partial charge < -0.3 is 0 Å². The maximum atomic E-state index is 12.9. The van der Waals surface area contributed by atoms with Gasteiger partial charge in [0, 0.05) is 4.47 Å². The molecule has 0 unspecified atom stereocenters. The van der Waals surface area contributed by atoms with E-state index in [-0.39, 0.29) is 11.2 Å². The molecule has 0 saturated carbocycles. The molecule has 0 nitrogen and oxygen atoms in total. The maximum Gasteiger partial charge on any atom is 0.124 e. The van der Waals surface area contributed by atoms with Crippen LogP contribution in [0.5, 0.6) is 0 Å². The lowest BCUT2D eigenvalue weighted by molar-refractivity contribution is 0.571. The van der Waals surface area contributed by atoms with E-state index in [9.17, 15) is 4.39 Å². The molecule has 0 fully saturated rings. The van der Waals surface area contributed by atoms with Crippen LogP contribution < -0.4 is 0 Å². The highest BCUT2D eigenvalue weighted by Crippen LogP contribution is 2.25. The molecule has 1 rings (SSSR count). The predicted molar refractivity (Wildman–Crippen MR) is 52.8 cm³/mol. The Balaban J connectivity index is 3.18. The molecule has 0 amide bonds. The summed E-state index contributed by atoms with van der Waals surface area (Å²) in [5, 5.41) is 0. The molecule has 0 radical (unpaired) electrons. The molecule has 0 saturated heterocycles. The Bertz CT molecular complexity index is 266. The first-order chi connectivity index (χ1) is 5.39. The lowest BCUT2D eigenvalue weighted by Gasteiger charge is -2.19. The van der Waals surface area contributed by atoms with E-state index in [1.54, 1.807) is 6.07 Å². The van der Waals surface area contributed by atoms with E-state index in [1.165, 1.54) is 6.07 Å². The highest BCUT2D eigenvalue weighted by molar-refractivity contribution is 9.10. The summed E-state index contributed by atoms with van der Waals surface area (Å²) in [5.41, 5.74) is 1.01. The Kier molecular flexibility index (Phi) is 2.57. The van der Waals surface area contributed by atoms with Crippen LogP contribution in [0.4, 0.5) is 4.39 Å². The van der Waals surface area contributed by atoms with Crippen molar-refractivity contribution in [3.63, 3.8) is 0 Å². The fraction of sp³-hybridized carbons (Fsp3) is 0.400. The van der Waals surface area contributed by atoms with Gasteiger partial charge in [-0.05, 0) is 29.2 Å². The van der Waals surface area contributed by atoms with Crippen LogP contribution in [0, 0.1) is 5.82 Å². The van der Waals surface area contributed by atoms with Crippen LogP contribution in [0.25, 0.3) is 0 Å². The fourth-order valence-corrected chi connectivity index (χ4v) is 1.45. The van der Waals surface area contributed by atoms with E-state index in [2.05, 4.69) is 36.7 Å². The molecule has 2 heteroatoms. The van der Waals surface area contributed by atoms with Gasteiger partial charge in [-0.1, -0.05) is 36.7 Å². The minimum atomic E-state index is -0.186. The van der Waals surface area contributed by atoms with Crippen molar-refractivity contribution in [1.29, 1.82) is 0 Å². The zero-order valence-electron chi connectivity index (χ0n) is 7.49. The molecule has 0 bridgehead atoms. The average Bonchev–Trinajstić information content (AvgIpc) is 1.82. The summed E-state index contributed by atoms with van der Waals surface area (Å²) in [6.45, 7) is 6.19. The zero-order valence-corrected chi connectivity index (χ0v) is 9.07. The quantitative estimate of drug-likeness (QED) is 0.634. The molecule has 0 aromatic heterocycles. The summed E-state index contributed by atoms with van der Waals surface area (Å²) < 4.78 is 13.7. The van der Waals surface area contributed by atoms with Gasteiger partial charge in [0.25, 0.3) is 0 Å². The highest BCUT2D eigenvalue weighted by atomic mass is 79.9. The Morgan fingerprint density at radius 1 is 1.17 bits per heavy atom. The van der Waals surface area contributed by atoms with Crippen LogP contribution in [-0.4, -0.2) is 0 Å². The Morgan fingerprint density at radius 3 is 2.17 bits per heavy atom. The zero-order chi connectivity index (χ0) is 9.35. The molecular weight excluding hydrogens is 218 g/mol. The van der Waals surface area contributed by atoms with Crippen LogP contribution in [0.2, 0.25) is 0 Å². The molecule has 0 aliphatic carbocycles. The molecule has 0 spiro atoms. The first-order valence-corrected chi connectivity index (χ1v) is 4.65. The molecular formula is C10H12BrF. The number of rotatable bonds is 0. The van der Waals surface area contributed by atoms with Crippen molar-refractivity contribution in [3.8, 4) is 0 Å². The molecule has 1 aromatic carbocycles. The van der Waals surface area contributed by atoms with Crippen molar-refractivity contribution >= 4 is 15.9 Å². The third-order valence-corrected chi connectivity index (χ3v) is 2.19. The Morgan fingerprint density at radius 2 is 1.75 bits per heavy atom. The van der Waals surface area contributed by atoms with Gasteiger partial charge >= 0.3 is 0 Å². The predicted octanol–water partition coefficient (Wildman–Crippen LogP) is 3.89. The van der Waals surface area contributed by atoms with Crippen LogP contribution in [0.1, 0.15) is 26.3 Å². The summed E-state index contributed by atoms with van der Waals surface area (Å²) in [7, 11) is 0. The van der Waals surface area contributed by atoms with Gasteiger partial charge in [-0.25, -0.2) is 4.39 Å². The fourth-order valence-electron chi connectivity index (χ4n) is 0.987. The van der Waals surface area contributed by atoms with Gasteiger partial charge in [0.1, 0.15) is 5.82 Å². The standard InChI is InChI=1S/C10H12BrF/c1-10(2,3)7-4-8(11)6-9(12)5-7/h4-6H,1-3H3/i12-1. The largest absolute Gasteiger partial charge is 0.207 e. The molecule has 12 heavy (non-hydrogen) atoms.